The van der Waals surface area contributed by atoms with E-state index in [0.717, 1.165) is 3.39 Å². The SMILES string of the molecule is CCC[C@@H]1O[C@H]1C=C(Br)Br. The fourth-order valence-electron chi connectivity index (χ4n) is 0.944. The Balaban J connectivity index is 2.19. The van der Waals surface area contributed by atoms with Crippen molar-refractivity contribution in [3.05, 3.63) is 9.47 Å². The van der Waals surface area contributed by atoms with Gasteiger partial charge in [-0.2, -0.15) is 0 Å². The average Bonchev–Trinajstić information content (AvgIpc) is 2.47. The van der Waals surface area contributed by atoms with Crippen molar-refractivity contribution in [3.8, 4) is 0 Å². The lowest BCUT2D eigenvalue weighted by molar-refractivity contribution is 0.378. The van der Waals surface area contributed by atoms with Gasteiger partial charge in [-0.1, -0.05) is 13.3 Å². The van der Waals surface area contributed by atoms with Crippen LogP contribution in [0.25, 0.3) is 0 Å². The molecule has 1 nitrogen and oxygen atoms in total. The summed E-state index contributed by atoms with van der Waals surface area (Å²) in [7, 11) is 0. The fraction of sp³-hybridized carbons (Fsp3) is 0.714. The first-order valence-electron chi connectivity index (χ1n) is 3.42. The summed E-state index contributed by atoms with van der Waals surface area (Å²) in [4.78, 5) is 0. The van der Waals surface area contributed by atoms with E-state index in [0.29, 0.717) is 12.2 Å². The van der Waals surface area contributed by atoms with E-state index >= 15 is 0 Å². The van der Waals surface area contributed by atoms with E-state index in [4.69, 9.17) is 4.74 Å². The molecule has 3 heteroatoms. The average molecular weight is 270 g/mol. The zero-order valence-electron chi connectivity index (χ0n) is 5.81. The van der Waals surface area contributed by atoms with E-state index in [1.54, 1.807) is 0 Å². The number of halogens is 2. The van der Waals surface area contributed by atoms with E-state index in [-0.39, 0.29) is 0 Å². The number of hydrogen-bond acceptors (Lipinski definition) is 1. The molecule has 0 N–H and O–H groups in total. The Hall–Kier alpha value is 0.660. The van der Waals surface area contributed by atoms with Crippen LogP contribution in [0, 0.1) is 0 Å². The first-order chi connectivity index (χ1) is 4.74. The molecular weight excluding hydrogens is 260 g/mol. The van der Waals surface area contributed by atoms with Crippen LogP contribution in [0.4, 0.5) is 0 Å². The summed E-state index contributed by atoms with van der Waals surface area (Å²) in [6.45, 7) is 2.17. The quantitative estimate of drug-likeness (QED) is 0.717. The zero-order chi connectivity index (χ0) is 7.56. The maximum Gasteiger partial charge on any atom is 0.104 e. The van der Waals surface area contributed by atoms with Gasteiger partial charge >= 0.3 is 0 Å². The van der Waals surface area contributed by atoms with Crippen LogP contribution >= 0.6 is 31.9 Å². The Morgan fingerprint density at radius 2 is 2.30 bits per heavy atom. The summed E-state index contributed by atoms with van der Waals surface area (Å²) in [5.74, 6) is 0. The molecule has 0 spiro atoms. The van der Waals surface area contributed by atoms with Crippen molar-refractivity contribution in [2.45, 2.75) is 32.0 Å². The van der Waals surface area contributed by atoms with E-state index in [1.165, 1.54) is 12.8 Å². The molecule has 10 heavy (non-hydrogen) atoms. The van der Waals surface area contributed by atoms with Gasteiger partial charge in [0.1, 0.15) is 6.10 Å². The normalized spacial score (nSPS) is 29.9. The standard InChI is InChI=1S/C7H10Br2O/c1-2-3-5-6(10-5)4-7(8)9/h4-6H,2-3H2,1H3/t5-,6-/m0/s1. The molecule has 0 radical (unpaired) electrons. The van der Waals surface area contributed by atoms with Crippen molar-refractivity contribution in [2.24, 2.45) is 0 Å². The third-order valence-electron chi connectivity index (χ3n) is 1.49. The van der Waals surface area contributed by atoms with Crippen LogP contribution in [0.5, 0.6) is 0 Å². The predicted molar refractivity (Wildman–Crippen MR) is 49.5 cm³/mol. The van der Waals surface area contributed by atoms with E-state index in [1.807, 2.05) is 6.08 Å². The van der Waals surface area contributed by atoms with Crippen molar-refractivity contribution >= 4 is 31.9 Å². The van der Waals surface area contributed by atoms with Crippen molar-refractivity contribution in [3.63, 3.8) is 0 Å². The Labute approximate surface area is 78.1 Å². The summed E-state index contributed by atoms with van der Waals surface area (Å²) in [5, 5.41) is 0. The van der Waals surface area contributed by atoms with Crippen LogP contribution in [0.2, 0.25) is 0 Å². The maximum atomic E-state index is 5.33. The highest BCUT2D eigenvalue weighted by atomic mass is 79.9. The molecule has 1 fully saturated rings. The third-order valence-corrected chi connectivity index (χ3v) is 2.01. The molecule has 58 valence electrons. The van der Waals surface area contributed by atoms with Crippen molar-refractivity contribution in [1.29, 1.82) is 0 Å². The summed E-state index contributed by atoms with van der Waals surface area (Å²) in [5.41, 5.74) is 0. The minimum Gasteiger partial charge on any atom is -0.365 e. The van der Waals surface area contributed by atoms with Crippen molar-refractivity contribution in [2.75, 3.05) is 0 Å². The highest BCUT2D eigenvalue weighted by Gasteiger charge is 2.35. The maximum absolute atomic E-state index is 5.33. The van der Waals surface area contributed by atoms with Crippen LogP contribution in [-0.2, 0) is 4.74 Å². The summed E-state index contributed by atoms with van der Waals surface area (Å²) >= 11 is 6.58. The minimum atomic E-state index is 0.355. The van der Waals surface area contributed by atoms with Crippen molar-refractivity contribution < 1.29 is 4.74 Å². The Bertz CT molecular complexity index is 141. The monoisotopic (exact) mass is 268 g/mol. The topological polar surface area (TPSA) is 12.5 Å². The third kappa shape index (κ3) is 2.72. The predicted octanol–water partition coefficient (Wildman–Crippen LogP) is 3.19. The molecule has 0 saturated carbocycles. The number of rotatable bonds is 3. The van der Waals surface area contributed by atoms with Gasteiger partial charge in [-0.15, -0.1) is 0 Å². The molecule has 1 saturated heterocycles. The van der Waals surface area contributed by atoms with Crippen LogP contribution in [0.1, 0.15) is 19.8 Å². The van der Waals surface area contributed by atoms with Crippen LogP contribution < -0.4 is 0 Å². The molecule has 1 rings (SSSR count). The van der Waals surface area contributed by atoms with E-state index in [2.05, 4.69) is 38.8 Å². The number of hydrogen-bond donors (Lipinski definition) is 0. The molecule has 0 unspecified atom stereocenters. The molecule has 1 heterocycles. The molecule has 2 atom stereocenters. The van der Waals surface area contributed by atoms with Gasteiger partial charge < -0.3 is 4.74 Å². The Morgan fingerprint density at radius 3 is 2.80 bits per heavy atom. The molecule has 1 aliphatic heterocycles. The first kappa shape index (κ1) is 8.75. The van der Waals surface area contributed by atoms with Crippen LogP contribution in [-0.4, -0.2) is 12.2 Å². The van der Waals surface area contributed by atoms with Gasteiger partial charge in [0, 0.05) is 0 Å². The zero-order valence-corrected chi connectivity index (χ0v) is 8.98. The van der Waals surface area contributed by atoms with E-state index < -0.39 is 0 Å². The molecular formula is C7H10Br2O. The Morgan fingerprint density at radius 1 is 1.60 bits per heavy atom. The second-order valence-corrected chi connectivity index (χ2v) is 5.16. The van der Waals surface area contributed by atoms with Gasteiger partial charge in [0.2, 0.25) is 0 Å². The van der Waals surface area contributed by atoms with E-state index in [9.17, 15) is 0 Å². The molecule has 0 aromatic carbocycles. The summed E-state index contributed by atoms with van der Waals surface area (Å²) in [6.07, 6.45) is 5.26. The molecule has 0 aromatic rings. The summed E-state index contributed by atoms with van der Waals surface area (Å²) < 4.78 is 6.32. The van der Waals surface area contributed by atoms with Gasteiger partial charge in [0.15, 0.2) is 0 Å². The van der Waals surface area contributed by atoms with Gasteiger partial charge in [0.25, 0.3) is 0 Å². The first-order valence-corrected chi connectivity index (χ1v) is 5.01. The molecule has 0 aliphatic carbocycles. The number of ether oxygens (including phenoxy) is 1. The largest absolute Gasteiger partial charge is 0.365 e. The number of epoxide rings is 1. The molecule has 0 amide bonds. The van der Waals surface area contributed by atoms with Gasteiger partial charge in [0.05, 0.1) is 9.50 Å². The smallest absolute Gasteiger partial charge is 0.104 e. The van der Waals surface area contributed by atoms with Crippen LogP contribution in [0.3, 0.4) is 0 Å². The second kappa shape index (κ2) is 3.88. The molecule has 0 bridgehead atoms. The molecule has 0 aromatic heterocycles. The fourth-order valence-corrected chi connectivity index (χ4v) is 1.47. The van der Waals surface area contributed by atoms with Gasteiger partial charge in [-0.25, -0.2) is 0 Å². The minimum absolute atomic E-state index is 0.355. The van der Waals surface area contributed by atoms with Gasteiger partial charge in [-0.05, 0) is 44.4 Å². The van der Waals surface area contributed by atoms with Crippen LogP contribution in [0.15, 0.2) is 9.47 Å². The lowest BCUT2D eigenvalue weighted by Gasteiger charge is -1.84. The van der Waals surface area contributed by atoms with Crippen molar-refractivity contribution in [1.82, 2.24) is 0 Å². The molecule has 1 aliphatic rings. The second-order valence-electron chi connectivity index (χ2n) is 2.38. The highest BCUT2D eigenvalue weighted by molar-refractivity contribution is 9.28. The van der Waals surface area contributed by atoms with Gasteiger partial charge in [-0.3, -0.25) is 0 Å². The summed E-state index contributed by atoms with van der Waals surface area (Å²) in [6, 6.07) is 0. The lowest BCUT2D eigenvalue weighted by atomic mass is 10.2. The highest BCUT2D eigenvalue weighted by Crippen LogP contribution is 2.30. The Kier molecular flexibility index (Phi) is 3.40. The lowest BCUT2D eigenvalue weighted by Crippen LogP contribution is -1.88.